The third-order valence-corrected chi connectivity index (χ3v) is 3.09. The molecule has 0 spiro atoms. The highest BCUT2D eigenvalue weighted by Crippen LogP contribution is 2.30. The number of aliphatic hydroxyl groups is 1. The van der Waals surface area contributed by atoms with Crippen LogP contribution < -0.4 is 10.1 Å². The number of benzene rings is 1. The number of rotatable bonds is 8. The lowest BCUT2D eigenvalue weighted by Gasteiger charge is -2.31. The molecule has 0 aliphatic carbocycles. The molecule has 0 heterocycles. The number of ether oxygens (including phenoxy) is 1. The van der Waals surface area contributed by atoms with Gasteiger partial charge in [-0.3, -0.25) is 0 Å². The standard InChI is InChI=1S/C14H22F2N2O2/c1-14(10-19,17-8-9-18(2)3)11-6-4-5-7-12(11)20-13(15)16/h4-7,13,17,19H,8-10H2,1-3H3. The van der Waals surface area contributed by atoms with E-state index in [1.54, 1.807) is 25.1 Å². The summed E-state index contributed by atoms with van der Waals surface area (Å²) in [7, 11) is 3.87. The van der Waals surface area contributed by atoms with E-state index in [1.807, 2.05) is 19.0 Å². The highest BCUT2D eigenvalue weighted by atomic mass is 19.3. The fourth-order valence-corrected chi connectivity index (χ4v) is 1.91. The minimum atomic E-state index is -2.89. The summed E-state index contributed by atoms with van der Waals surface area (Å²) in [5.41, 5.74) is -0.317. The molecule has 0 aromatic heterocycles. The molecule has 1 aromatic rings. The third-order valence-electron chi connectivity index (χ3n) is 3.09. The van der Waals surface area contributed by atoms with E-state index in [-0.39, 0.29) is 12.4 Å². The van der Waals surface area contributed by atoms with Crippen LogP contribution in [0, 0.1) is 0 Å². The maximum Gasteiger partial charge on any atom is 0.387 e. The van der Waals surface area contributed by atoms with Crippen LogP contribution in [0.2, 0.25) is 0 Å². The molecule has 0 saturated heterocycles. The van der Waals surface area contributed by atoms with Crippen LogP contribution in [0.1, 0.15) is 12.5 Å². The molecule has 1 atom stereocenters. The van der Waals surface area contributed by atoms with Gasteiger partial charge in [0.15, 0.2) is 0 Å². The van der Waals surface area contributed by atoms with Crippen molar-refractivity contribution < 1.29 is 18.6 Å². The van der Waals surface area contributed by atoms with E-state index in [9.17, 15) is 13.9 Å². The summed E-state index contributed by atoms with van der Waals surface area (Å²) in [6.07, 6.45) is 0. The van der Waals surface area contributed by atoms with Crippen LogP contribution in [0.5, 0.6) is 5.75 Å². The van der Waals surface area contributed by atoms with Gasteiger partial charge in [0.25, 0.3) is 0 Å². The number of aliphatic hydroxyl groups excluding tert-OH is 1. The van der Waals surface area contributed by atoms with E-state index in [1.165, 1.54) is 6.07 Å². The Balaban J connectivity index is 2.92. The predicted octanol–water partition coefficient (Wildman–Crippen LogP) is 1.65. The molecule has 4 nitrogen and oxygen atoms in total. The Morgan fingerprint density at radius 2 is 2.00 bits per heavy atom. The fraction of sp³-hybridized carbons (Fsp3) is 0.571. The van der Waals surface area contributed by atoms with Crippen LogP contribution in [0.3, 0.4) is 0 Å². The van der Waals surface area contributed by atoms with Crippen molar-refractivity contribution in [2.45, 2.75) is 19.1 Å². The first-order valence-electron chi connectivity index (χ1n) is 6.44. The Bertz CT molecular complexity index is 416. The maximum atomic E-state index is 12.4. The lowest BCUT2D eigenvalue weighted by molar-refractivity contribution is -0.0515. The van der Waals surface area contributed by atoms with Gasteiger partial charge in [0.1, 0.15) is 5.75 Å². The highest BCUT2D eigenvalue weighted by Gasteiger charge is 2.29. The molecule has 0 radical (unpaired) electrons. The van der Waals surface area contributed by atoms with Crippen molar-refractivity contribution in [3.05, 3.63) is 29.8 Å². The number of nitrogens with zero attached hydrogens (tertiary/aromatic N) is 1. The van der Waals surface area contributed by atoms with Crippen molar-refractivity contribution in [1.29, 1.82) is 0 Å². The van der Waals surface area contributed by atoms with Crippen LogP contribution in [0.25, 0.3) is 0 Å². The first kappa shape index (κ1) is 16.8. The number of hydrogen-bond acceptors (Lipinski definition) is 4. The molecule has 0 amide bonds. The van der Waals surface area contributed by atoms with E-state index < -0.39 is 12.2 Å². The number of likely N-dealkylation sites (N-methyl/N-ethyl adjacent to an activating group) is 1. The van der Waals surface area contributed by atoms with Gasteiger partial charge in [-0.2, -0.15) is 8.78 Å². The molecule has 2 N–H and O–H groups in total. The maximum absolute atomic E-state index is 12.4. The van der Waals surface area contributed by atoms with Crippen LogP contribution in [0.4, 0.5) is 8.78 Å². The second-order valence-electron chi connectivity index (χ2n) is 5.09. The second-order valence-corrected chi connectivity index (χ2v) is 5.09. The molecule has 0 saturated carbocycles. The van der Waals surface area contributed by atoms with Crippen LogP contribution in [-0.4, -0.2) is 50.4 Å². The van der Waals surface area contributed by atoms with Gasteiger partial charge < -0.3 is 20.1 Å². The van der Waals surface area contributed by atoms with Crippen molar-refractivity contribution in [3.63, 3.8) is 0 Å². The molecule has 0 aliphatic rings. The predicted molar refractivity (Wildman–Crippen MR) is 74.1 cm³/mol. The zero-order chi connectivity index (χ0) is 15.2. The van der Waals surface area contributed by atoms with Gasteiger partial charge in [-0.05, 0) is 27.1 Å². The summed E-state index contributed by atoms with van der Waals surface area (Å²) in [4.78, 5) is 1.99. The number of para-hydroxylation sites is 1. The lowest BCUT2D eigenvalue weighted by Crippen LogP contribution is -2.45. The van der Waals surface area contributed by atoms with Gasteiger partial charge in [0, 0.05) is 18.7 Å². The Hall–Kier alpha value is -1.24. The lowest BCUT2D eigenvalue weighted by atomic mass is 9.92. The normalized spacial score (nSPS) is 14.6. The van der Waals surface area contributed by atoms with Crippen molar-refractivity contribution in [2.24, 2.45) is 0 Å². The van der Waals surface area contributed by atoms with E-state index in [0.29, 0.717) is 12.1 Å². The number of alkyl halides is 2. The Labute approximate surface area is 118 Å². The molecular formula is C14H22F2N2O2. The van der Waals surface area contributed by atoms with E-state index in [4.69, 9.17) is 0 Å². The smallest absolute Gasteiger partial charge is 0.387 e. The van der Waals surface area contributed by atoms with E-state index >= 15 is 0 Å². The first-order valence-corrected chi connectivity index (χ1v) is 6.44. The summed E-state index contributed by atoms with van der Waals surface area (Å²) < 4.78 is 29.4. The van der Waals surface area contributed by atoms with Gasteiger partial charge in [0.2, 0.25) is 0 Å². The minimum Gasteiger partial charge on any atom is -0.434 e. The average Bonchev–Trinajstić information content (AvgIpc) is 2.38. The quantitative estimate of drug-likeness (QED) is 0.763. The van der Waals surface area contributed by atoms with Gasteiger partial charge in [-0.25, -0.2) is 0 Å². The van der Waals surface area contributed by atoms with Crippen LogP contribution >= 0.6 is 0 Å². The number of nitrogens with one attached hydrogen (secondary N) is 1. The van der Waals surface area contributed by atoms with E-state index in [2.05, 4.69) is 10.1 Å². The Kier molecular flexibility index (Phi) is 6.32. The highest BCUT2D eigenvalue weighted by molar-refractivity contribution is 5.39. The monoisotopic (exact) mass is 288 g/mol. The van der Waals surface area contributed by atoms with Crippen LogP contribution in [0.15, 0.2) is 24.3 Å². The second kappa shape index (κ2) is 7.52. The first-order chi connectivity index (χ1) is 9.39. The third kappa shape index (κ3) is 4.70. The molecule has 114 valence electrons. The largest absolute Gasteiger partial charge is 0.434 e. The number of halogens is 2. The summed E-state index contributed by atoms with van der Waals surface area (Å²) in [5.74, 6) is 0.0800. The average molecular weight is 288 g/mol. The zero-order valence-electron chi connectivity index (χ0n) is 12.1. The SMILES string of the molecule is CN(C)CCNC(C)(CO)c1ccccc1OC(F)F. The molecule has 1 aromatic carbocycles. The van der Waals surface area contributed by atoms with Crippen molar-refractivity contribution >= 4 is 0 Å². The molecule has 1 unspecified atom stereocenters. The van der Waals surface area contributed by atoms with Gasteiger partial charge >= 0.3 is 6.61 Å². The Morgan fingerprint density at radius 1 is 1.35 bits per heavy atom. The van der Waals surface area contributed by atoms with Crippen molar-refractivity contribution in [3.8, 4) is 5.75 Å². The molecule has 1 rings (SSSR count). The molecular weight excluding hydrogens is 266 g/mol. The molecule has 0 bridgehead atoms. The molecule has 6 heteroatoms. The Morgan fingerprint density at radius 3 is 2.55 bits per heavy atom. The minimum absolute atomic E-state index is 0.0800. The summed E-state index contributed by atoms with van der Waals surface area (Å²) in [6.45, 7) is 0.0434. The fourth-order valence-electron chi connectivity index (χ4n) is 1.91. The van der Waals surface area contributed by atoms with E-state index in [0.717, 1.165) is 6.54 Å². The van der Waals surface area contributed by atoms with Gasteiger partial charge in [-0.1, -0.05) is 18.2 Å². The van der Waals surface area contributed by atoms with Crippen molar-refractivity contribution in [2.75, 3.05) is 33.8 Å². The number of hydrogen-bond donors (Lipinski definition) is 2. The molecule has 0 fully saturated rings. The summed E-state index contributed by atoms with van der Waals surface area (Å²) in [6, 6.07) is 6.51. The van der Waals surface area contributed by atoms with Gasteiger partial charge in [0.05, 0.1) is 12.1 Å². The summed E-state index contributed by atoms with van der Waals surface area (Å²) >= 11 is 0. The van der Waals surface area contributed by atoms with Crippen LogP contribution in [-0.2, 0) is 5.54 Å². The van der Waals surface area contributed by atoms with Crippen molar-refractivity contribution in [1.82, 2.24) is 10.2 Å². The zero-order valence-corrected chi connectivity index (χ0v) is 12.1. The summed E-state index contributed by atoms with van der Waals surface area (Å²) in [5, 5.41) is 12.8. The van der Waals surface area contributed by atoms with Gasteiger partial charge in [-0.15, -0.1) is 0 Å². The topological polar surface area (TPSA) is 44.7 Å². The molecule has 20 heavy (non-hydrogen) atoms. The molecule has 0 aliphatic heterocycles.